The number of piperidine rings is 1. The number of rotatable bonds is 6. The van der Waals surface area contributed by atoms with Crippen LogP contribution in [0.4, 0.5) is 0 Å². The van der Waals surface area contributed by atoms with Crippen LogP contribution in [0.1, 0.15) is 111 Å². The number of fused-ring (bicyclic) bond motifs is 5. The average Bonchev–Trinajstić information content (AvgIpc) is 3.72. The Morgan fingerprint density at radius 2 is 1.77 bits per heavy atom. The molecule has 6 aliphatic rings. The minimum atomic E-state index is -0.127. The Kier molecular flexibility index (Phi) is 7.47. The van der Waals surface area contributed by atoms with E-state index in [0.29, 0.717) is 40.9 Å². The predicted molar refractivity (Wildman–Crippen MR) is 155 cm³/mol. The molecule has 5 heteroatoms. The lowest BCUT2D eigenvalue weighted by Gasteiger charge is -2.58. The third kappa shape index (κ3) is 4.91. The molecule has 218 valence electrons. The summed E-state index contributed by atoms with van der Waals surface area (Å²) >= 11 is 0. The van der Waals surface area contributed by atoms with Crippen LogP contribution in [-0.4, -0.2) is 59.0 Å². The van der Waals surface area contributed by atoms with Gasteiger partial charge in [-0.25, -0.2) is 0 Å². The number of hydrogen-bond acceptors (Lipinski definition) is 3. The van der Waals surface area contributed by atoms with E-state index >= 15 is 0 Å². The highest BCUT2D eigenvalue weighted by molar-refractivity contribution is 5.81. The second-order valence-electron chi connectivity index (χ2n) is 15.2. The van der Waals surface area contributed by atoms with Crippen LogP contribution in [0.15, 0.2) is 11.6 Å². The van der Waals surface area contributed by atoms with Crippen molar-refractivity contribution in [2.45, 2.75) is 123 Å². The summed E-state index contributed by atoms with van der Waals surface area (Å²) in [7, 11) is 2.00. The topological polar surface area (TPSA) is 60.9 Å². The molecule has 0 aromatic heterocycles. The number of aliphatic hydroxyl groups excluding tert-OH is 1. The summed E-state index contributed by atoms with van der Waals surface area (Å²) in [6.07, 6.45) is 17.7. The van der Waals surface area contributed by atoms with Gasteiger partial charge >= 0.3 is 0 Å². The van der Waals surface area contributed by atoms with Gasteiger partial charge in [-0.3, -0.25) is 9.59 Å². The first-order valence-electron chi connectivity index (χ1n) is 16.5. The minimum Gasteiger partial charge on any atom is -0.393 e. The number of nitrogens with zero attached hydrogens (tertiary/aromatic N) is 2. The molecular weight excluding hydrogens is 484 g/mol. The van der Waals surface area contributed by atoms with Gasteiger partial charge in [0.25, 0.3) is 0 Å². The summed E-state index contributed by atoms with van der Waals surface area (Å²) in [5, 5.41) is 10.3. The number of allylic oxidation sites excluding steroid dienone is 1. The minimum absolute atomic E-state index is 0.127. The molecule has 2 amide bonds. The van der Waals surface area contributed by atoms with E-state index in [1.54, 1.807) is 5.57 Å². The van der Waals surface area contributed by atoms with Crippen molar-refractivity contribution in [3.05, 3.63) is 11.6 Å². The maximum Gasteiger partial charge on any atom is 0.225 e. The molecule has 0 bridgehead atoms. The lowest BCUT2D eigenvalue weighted by Crippen LogP contribution is -2.50. The predicted octanol–water partition coefficient (Wildman–Crippen LogP) is 6.20. The smallest absolute Gasteiger partial charge is 0.225 e. The van der Waals surface area contributed by atoms with E-state index in [1.165, 1.54) is 32.1 Å². The number of carbonyl (C=O) groups is 2. The van der Waals surface area contributed by atoms with E-state index in [-0.39, 0.29) is 12.1 Å². The van der Waals surface area contributed by atoms with Gasteiger partial charge < -0.3 is 14.9 Å². The molecule has 0 spiro atoms. The molecule has 8 atom stereocenters. The molecule has 1 heterocycles. The molecule has 4 saturated carbocycles. The van der Waals surface area contributed by atoms with Gasteiger partial charge in [-0.1, -0.05) is 32.4 Å². The maximum absolute atomic E-state index is 13.3. The molecule has 1 unspecified atom stereocenters. The lowest BCUT2D eigenvalue weighted by molar-refractivity contribution is -0.136. The van der Waals surface area contributed by atoms with Crippen LogP contribution in [0.5, 0.6) is 0 Å². The zero-order chi connectivity index (χ0) is 27.5. The fraction of sp³-hybridized carbons (Fsp3) is 0.882. The highest BCUT2D eigenvalue weighted by Crippen LogP contribution is 2.67. The summed E-state index contributed by atoms with van der Waals surface area (Å²) in [4.78, 5) is 29.7. The van der Waals surface area contributed by atoms with Crippen LogP contribution in [0.3, 0.4) is 0 Å². The van der Waals surface area contributed by atoms with Crippen LogP contribution in [0.25, 0.3) is 0 Å². The van der Waals surface area contributed by atoms with E-state index in [2.05, 4.69) is 26.8 Å². The Bertz CT molecular complexity index is 981. The van der Waals surface area contributed by atoms with Gasteiger partial charge in [-0.05, 0) is 124 Å². The van der Waals surface area contributed by atoms with Gasteiger partial charge in [0.1, 0.15) is 0 Å². The number of amides is 2. The molecule has 5 fully saturated rings. The van der Waals surface area contributed by atoms with Crippen molar-refractivity contribution in [3.63, 3.8) is 0 Å². The van der Waals surface area contributed by atoms with E-state index in [9.17, 15) is 14.7 Å². The normalized spacial score (nSPS) is 41.2. The molecule has 5 nitrogen and oxygen atoms in total. The van der Waals surface area contributed by atoms with Gasteiger partial charge in [-0.2, -0.15) is 0 Å². The van der Waals surface area contributed by atoms with E-state index in [1.807, 2.05) is 16.8 Å². The Morgan fingerprint density at radius 1 is 1.03 bits per heavy atom. The number of aliphatic hydroxyl groups is 1. The summed E-state index contributed by atoms with van der Waals surface area (Å²) in [6, 6.07) is 0.284. The Morgan fingerprint density at radius 3 is 2.49 bits per heavy atom. The van der Waals surface area contributed by atoms with Crippen molar-refractivity contribution >= 4 is 11.8 Å². The van der Waals surface area contributed by atoms with Gasteiger partial charge in [-0.15, -0.1) is 0 Å². The first-order valence-corrected chi connectivity index (χ1v) is 16.5. The Labute approximate surface area is 237 Å². The summed E-state index contributed by atoms with van der Waals surface area (Å²) in [5.74, 6) is 4.66. The Balaban J connectivity index is 1.03. The van der Waals surface area contributed by atoms with Gasteiger partial charge in [0.2, 0.25) is 11.8 Å². The third-order valence-electron chi connectivity index (χ3n) is 13.3. The first-order chi connectivity index (χ1) is 18.6. The van der Waals surface area contributed by atoms with Crippen molar-refractivity contribution in [3.8, 4) is 0 Å². The van der Waals surface area contributed by atoms with Crippen molar-refractivity contribution in [2.24, 2.45) is 46.3 Å². The van der Waals surface area contributed by atoms with Crippen molar-refractivity contribution in [2.75, 3.05) is 20.1 Å². The summed E-state index contributed by atoms with van der Waals surface area (Å²) in [6.45, 7) is 9.19. The second-order valence-corrected chi connectivity index (χ2v) is 15.2. The number of hydrogen-bond donors (Lipinski definition) is 1. The molecular formula is C34H54N2O3. The molecule has 5 aliphatic carbocycles. The number of likely N-dealkylation sites (tertiary alicyclic amines) is 1. The van der Waals surface area contributed by atoms with Crippen LogP contribution >= 0.6 is 0 Å². The molecule has 0 aromatic carbocycles. The molecule has 1 N–H and O–H groups in total. The standard InChI is InChI=1S/C34H54N2O3/c1-22(5-12-31(38)35(4)25-15-19-36(20-16-25)32(39)23-6-7-23)28-10-11-29-27-9-8-24-21-26(37)13-17-33(24,2)30(27)14-18-34(28,29)3/h8,22-23,25-30,37H,5-7,9-21H2,1-4H3/t22?,26-,27-,28+,29-,30-,33-,34+/m0/s1. The SMILES string of the molecule is CC(CCC(=O)N(C)C1CCN(C(=O)C2CC2)CC1)[C@H]1CC[C@H]2[C@@H]3CC=C4C[C@@H](O)CC[C@]4(C)[C@H]3CC[C@]12C. The van der Waals surface area contributed by atoms with Crippen molar-refractivity contribution in [1.82, 2.24) is 9.80 Å². The van der Waals surface area contributed by atoms with Crippen LogP contribution in [0, 0.1) is 46.3 Å². The van der Waals surface area contributed by atoms with Gasteiger partial charge in [0, 0.05) is 38.5 Å². The van der Waals surface area contributed by atoms with Crippen LogP contribution in [-0.2, 0) is 9.59 Å². The molecule has 39 heavy (non-hydrogen) atoms. The zero-order valence-electron chi connectivity index (χ0n) is 25.2. The first kappa shape index (κ1) is 27.8. The monoisotopic (exact) mass is 538 g/mol. The van der Waals surface area contributed by atoms with Crippen molar-refractivity contribution < 1.29 is 14.7 Å². The highest BCUT2D eigenvalue weighted by Gasteiger charge is 2.59. The zero-order valence-corrected chi connectivity index (χ0v) is 25.2. The maximum atomic E-state index is 13.3. The van der Waals surface area contributed by atoms with Crippen LogP contribution < -0.4 is 0 Å². The fourth-order valence-electron chi connectivity index (χ4n) is 10.6. The quantitative estimate of drug-likeness (QED) is 0.410. The van der Waals surface area contributed by atoms with E-state index < -0.39 is 0 Å². The lowest BCUT2D eigenvalue weighted by atomic mass is 9.47. The Hall–Kier alpha value is -1.36. The molecule has 0 aromatic rings. The largest absolute Gasteiger partial charge is 0.393 e. The van der Waals surface area contributed by atoms with Gasteiger partial charge in [0.05, 0.1) is 6.10 Å². The van der Waals surface area contributed by atoms with Gasteiger partial charge in [0.15, 0.2) is 0 Å². The number of carbonyl (C=O) groups excluding carboxylic acids is 2. The molecule has 1 aliphatic heterocycles. The average molecular weight is 539 g/mol. The van der Waals surface area contributed by atoms with Crippen LogP contribution in [0.2, 0.25) is 0 Å². The van der Waals surface area contributed by atoms with E-state index in [0.717, 1.165) is 88.1 Å². The highest BCUT2D eigenvalue weighted by atomic mass is 16.3. The van der Waals surface area contributed by atoms with Crippen molar-refractivity contribution in [1.29, 1.82) is 0 Å². The summed E-state index contributed by atoms with van der Waals surface area (Å²) in [5.41, 5.74) is 2.29. The summed E-state index contributed by atoms with van der Waals surface area (Å²) < 4.78 is 0. The second kappa shape index (κ2) is 10.5. The van der Waals surface area contributed by atoms with E-state index in [4.69, 9.17) is 0 Å². The molecule has 1 saturated heterocycles. The molecule has 0 radical (unpaired) electrons. The third-order valence-corrected chi connectivity index (χ3v) is 13.3. The molecule has 6 rings (SSSR count). The fourth-order valence-corrected chi connectivity index (χ4v) is 10.6.